The number of carbonyl (C=O) groups excluding carboxylic acids is 1. The van der Waals surface area contributed by atoms with Crippen LogP contribution in [0, 0.1) is 0 Å². The monoisotopic (exact) mass is 234 g/mol. The van der Waals surface area contributed by atoms with Crippen molar-refractivity contribution in [1.29, 1.82) is 0 Å². The van der Waals surface area contributed by atoms with E-state index in [1.807, 2.05) is 0 Å². The van der Waals surface area contributed by atoms with Gasteiger partial charge in [-0.15, -0.1) is 0 Å². The number of carbonyl (C=O) groups is 1. The molecule has 0 rings (SSSR count). The van der Waals surface area contributed by atoms with Gasteiger partial charge in [-0.05, 0) is 0 Å². The Hall–Kier alpha value is -0.710. The van der Waals surface area contributed by atoms with E-state index in [-0.39, 0.29) is 0 Å². The fraction of sp³-hybridized carbons (Fsp3) is 0.667. The zero-order valence-electron chi connectivity index (χ0n) is 6.24. The van der Waals surface area contributed by atoms with Crippen molar-refractivity contribution >= 4 is 26.2 Å². The summed E-state index contributed by atoms with van der Waals surface area (Å²) in [7, 11) is -9.79. The molecule has 0 spiro atoms. The average Bonchev–Trinajstić information content (AvgIpc) is 1.80. The van der Waals surface area contributed by atoms with Crippen LogP contribution in [0.1, 0.15) is 0 Å². The molecule has 0 saturated carbocycles. The number of rotatable bonds is 3. The first-order valence-electron chi connectivity index (χ1n) is 2.61. The SMILES string of the molecule is COC(=O)C(S(=O)(=O)O)S(=O)(=O)O. The van der Waals surface area contributed by atoms with Crippen molar-refractivity contribution in [3.63, 3.8) is 0 Å². The Bertz CT molecular complexity index is 355. The molecule has 0 unspecified atom stereocenters. The van der Waals surface area contributed by atoms with Crippen LogP contribution in [-0.2, 0) is 29.8 Å². The molecule has 0 aromatic rings. The molecule has 0 aliphatic rings. The van der Waals surface area contributed by atoms with Crippen molar-refractivity contribution in [2.75, 3.05) is 7.11 Å². The summed E-state index contributed by atoms with van der Waals surface area (Å²) in [6.07, 6.45) is 0. The van der Waals surface area contributed by atoms with Gasteiger partial charge in [-0.1, -0.05) is 0 Å². The maximum Gasteiger partial charge on any atom is 0.345 e. The molecule has 0 radical (unpaired) electrons. The lowest BCUT2D eigenvalue weighted by Gasteiger charge is -2.07. The molecule has 0 saturated heterocycles. The normalized spacial score (nSPS) is 12.9. The van der Waals surface area contributed by atoms with Gasteiger partial charge in [-0.3, -0.25) is 9.11 Å². The lowest BCUT2D eigenvalue weighted by Crippen LogP contribution is -2.38. The summed E-state index contributed by atoms with van der Waals surface area (Å²) in [6, 6.07) is 0. The molecule has 13 heavy (non-hydrogen) atoms. The van der Waals surface area contributed by atoms with Crippen LogP contribution in [0.3, 0.4) is 0 Å². The largest absolute Gasteiger partial charge is 0.467 e. The predicted octanol–water partition coefficient (Wildman–Crippen LogP) is -1.74. The van der Waals surface area contributed by atoms with Gasteiger partial charge in [0, 0.05) is 0 Å². The summed E-state index contributed by atoms with van der Waals surface area (Å²) >= 11 is 0. The molecule has 0 fully saturated rings. The van der Waals surface area contributed by atoms with Gasteiger partial charge in [0.05, 0.1) is 7.11 Å². The van der Waals surface area contributed by atoms with Crippen LogP contribution < -0.4 is 0 Å². The maximum atomic E-state index is 10.5. The Morgan fingerprint density at radius 3 is 1.54 bits per heavy atom. The summed E-state index contributed by atoms with van der Waals surface area (Å²) < 4.78 is 58.4. The lowest BCUT2D eigenvalue weighted by atomic mass is 10.8. The van der Waals surface area contributed by atoms with E-state index in [9.17, 15) is 21.6 Å². The van der Waals surface area contributed by atoms with E-state index in [2.05, 4.69) is 4.74 Å². The number of esters is 1. The first-order chi connectivity index (χ1) is 5.60. The van der Waals surface area contributed by atoms with Gasteiger partial charge in [-0.2, -0.15) is 16.8 Å². The van der Waals surface area contributed by atoms with E-state index in [0.717, 1.165) is 0 Å². The van der Waals surface area contributed by atoms with Gasteiger partial charge in [0.25, 0.3) is 20.2 Å². The zero-order chi connectivity index (χ0) is 10.9. The molecule has 78 valence electrons. The molecule has 0 aromatic heterocycles. The molecule has 8 nitrogen and oxygen atoms in total. The topological polar surface area (TPSA) is 135 Å². The van der Waals surface area contributed by atoms with E-state index >= 15 is 0 Å². The first kappa shape index (κ1) is 12.3. The molecule has 0 aromatic carbocycles. The summed E-state index contributed by atoms with van der Waals surface area (Å²) in [5, 5.41) is 0. The molecule has 10 heteroatoms. The molecule has 0 amide bonds. The van der Waals surface area contributed by atoms with Crippen molar-refractivity contribution in [3.8, 4) is 0 Å². The van der Waals surface area contributed by atoms with Gasteiger partial charge in [0.2, 0.25) is 0 Å². The third-order valence-electron chi connectivity index (χ3n) is 0.935. The Morgan fingerprint density at radius 1 is 1.15 bits per heavy atom. The lowest BCUT2D eigenvalue weighted by molar-refractivity contribution is -0.138. The van der Waals surface area contributed by atoms with Crippen LogP contribution in [0.2, 0.25) is 0 Å². The van der Waals surface area contributed by atoms with E-state index in [1.54, 1.807) is 0 Å². The third-order valence-corrected chi connectivity index (χ3v) is 3.86. The molecule has 0 heterocycles. The summed E-state index contributed by atoms with van der Waals surface area (Å²) in [5.74, 6) is -1.79. The highest BCUT2D eigenvalue weighted by Crippen LogP contribution is 2.08. The number of hydrogen-bond acceptors (Lipinski definition) is 6. The smallest absolute Gasteiger partial charge is 0.345 e. The quantitative estimate of drug-likeness (QED) is 0.434. The van der Waals surface area contributed by atoms with Crippen LogP contribution in [0.15, 0.2) is 0 Å². The summed E-state index contributed by atoms with van der Waals surface area (Å²) in [6.45, 7) is 0. The van der Waals surface area contributed by atoms with Crippen LogP contribution in [0.4, 0.5) is 0 Å². The molecule has 0 aliphatic heterocycles. The molecule has 0 aliphatic carbocycles. The van der Waals surface area contributed by atoms with E-state index in [1.165, 1.54) is 0 Å². The fourth-order valence-corrected chi connectivity index (χ4v) is 2.40. The van der Waals surface area contributed by atoms with Crippen LogP contribution in [-0.4, -0.2) is 43.6 Å². The molecule has 2 N–H and O–H groups in total. The zero-order valence-corrected chi connectivity index (χ0v) is 7.87. The minimum Gasteiger partial charge on any atom is -0.467 e. The Balaban J connectivity index is 5.40. The second-order valence-electron chi connectivity index (χ2n) is 1.89. The highest BCUT2D eigenvalue weighted by molar-refractivity contribution is 8.05. The number of methoxy groups -OCH3 is 1. The van der Waals surface area contributed by atoms with Gasteiger partial charge in [0.15, 0.2) is 0 Å². The highest BCUT2D eigenvalue weighted by atomic mass is 32.3. The highest BCUT2D eigenvalue weighted by Gasteiger charge is 2.43. The van der Waals surface area contributed by atoms with Crippen LogP contribution >= 0.6 is 0 Å². The van der Waals surface area contributed by atoms with E-state index in [0.29, 0.717) is 7.11 Å². The van der Waals surface area contributed by atoms with E-state index in [4.69, 9.17) is 9.11 Å². The van der Waals surface area contributed by atoms with Crippen LogP contribution in [0.25, 0.3) is 0 Å². The van der Waals surface area contributed by atoms with Gasteiger partial charge >= 0.3 is 10.6 Å². The minimum absolute atomic E-state index is 0.700. The van der Waals surface area contributed by atoms with Crippen molar-refractivity contribution < 1.29 is 35.5 Å². The molecular formula is C3H6O8S2. The standard InChI is InChI=1S/C3H6O8S2/c1-11-2(4)3(12(5,6)7)13(8,9)10/h3H,1H3,(H,5,6,7)(H,8,9,10). The van der Waals surface area contributed by atoms with E-state index < -0.39 is 30.8 Å². The summed E-state index contributed by atoms with van der Waals surface area (Å²) in [4.78, 5) is 10.5. The fourth-order valence-electron chi connectivity index (χ4n) is 0.493. The second-order valence-corrected chi connectivity index (χ2v) is 5.19. The second kappa shape index (κ2) is 3.57. The average molecular weight is 234 g/mol. The van der Waals surface area contributed by atoms with Crippen molar-refractivity contribution in [1.82, 2.24) is 0 Å². The van der Waals surface area contributed by atoms with Crippen LogP contribution in [0.5, 0.6) is 0 Å². The van der Waals surface area contributed by atoms with Crippen molar-refractivity contribution in [2.24, 2.45) is 0 Å². The first-order valence-corrected chi connectivity index (χ1v) is 5.61. The molecular weight excluding hydrogens is 228 g/mol. The minimum atomic E-state index is -5.25. The predicted molar refractivity (Wildman–Crippen MR) is 38.9 cm³/mol. The Kier molecular flexibility index (Phi) is 3.38. The maximum absolute atomic E-state index is 10.5. The Morgan fingerprint density at radius 2 is 1.46 bits per heavy atom. The molecule has 0 bridgehead atoms. The van der Waals surface area contributed by atoms with Gasteiger partial charge in [0.1, 0.15) is 0 Å². The Labute approximate surface area is 74.0 Å². The molecule has 0 atom stereocenters. The number of hydrogen-bond donors (Lipinski definition) is 2. The van der Waals surface area contributed by atoms with Gasteiger partial charge < -0.3 is 4.74 Å². The third kappa shape index (κ3) is 3.26. The van der Waals surface area contributed by atoms with Gasteiger partial charge in [-0.25, -0.2) is 4.79 Å². The van der Waals surface area contributed by atoms with Crippen molar-refractivity contribution in [2.45, 2.75) is 4.58 Å². The summed E-state index contributed by atoms with van der Waals surface area (Å²) in [5.41, 5.74) is 0. The van der Waals surface area contributed by atoms with Crippen molar-refractivity contribution in [3.05, 3.63) is 0 Å². The number of ether oxygens (including phenoxy) is 1.